The number of aliphatic hydroxyl groups is 1. The lowest BCUT2D eigenvalue weighted by Gasteiger charge is -2.23. The number of hydrogen-bond acceptors (Lipinski definition) is 4. The molecule has 4 nitrogen and oxygen atoms in total. The summed E-state index contributed by atoms with van der Waals surface area (Å²) in [6.07, 6.45) is 3.12. The molecule has 0 saturated heterocycles. The first kappa shape index (κ1) is 16.1. The molecule has 0 bridgehead atoms. The predicted molar refractivity (Wildman–Crippen MR) is 83.8 cm³/mol. The third kappa shape index (κ3) is 4.35. The van der Waals surface area contributed by atoms with Crippen molar-refractivity contribution < 1.29 is 14.6 Å². The molecule has 0 amide bonds. The summed E-state index contributed by atoms with van der Waals surface area (Å²) in [5.74, 6) is 1.99. The van der Waals surface area contributed by atoms with Gasteiger partial charge in [0, 0.05) is 13.1 Å². The Bertz CT molecular complexity index is 450. The number of nitrogens with zero attached hydrogens (tertiary/aromatic N) is 1. The number of aliphatic hydroxyl groups excluding tert-OH is 1. The van der Waals surface area contributed by atoms with Crippen LogP contribution in [0.4, 0.5) is 0 Å². The fourth-order valence-corrected chi connectivity index (χ4v) is 3.09. The molecule has 1 aromatic rings. The van der Waals surface area contributed by atoms with E-state index in [1.807, 2.05) is 19.1 Å². The van der Waals surface area contributed by atoms with Gasteiger partial charge < -0.3 is 19.5 Å². The molecule has 1 aliphatic carbocycles. The fourth-order valence-electron chi connectivity index (χ4n) is 3.09. The van der Waals surface area contributed by atoms with E-state index < -0.39 is 0 Å². The van der Waals surface area contributed by atoms with Crippen LogP contribution in [0.5, 0.6) is 11.5 Å². The van der Waals surface area contributed by atoms with Gasteiger partial charge in [0.25, 0.3) is 0 Å². The zero-order valence-corrected chi connectivity index (χ0v) is 13.3. The molecule has 1 N–H and O–H groups in total. The van der Waals surface area contributed by atoms with Gasteiger partial charge in [-0.2, -0.15) is 0 Å². The molecule has 4 heteroatoms. The highest BCUT2D eigenvalue weighted by molar-refractivity contribution is 5.42. The van der Waals surface area contributed by atoms with Gasteiger partial charge in [-0.05, 0) is 50.4 Å². The third-order valence-electron chi connectivity index (χ3n) is 4.15. The average molecular weight is 293 g/mol. The lowest BCUT2D eigenvalue weighted by atomic mass is 10.1. The topological polar surface area (TPSA) is 41.9 Å². The number of rotatable bonds is 7. The Morgan fingerprint density at radius 2 is 2.10 bits per heavy atom. The van der Waals surface area contributed by atoms with E-state index >= 15 is 0 Å². The van der Waals surface area contributed by atoms with Gasteiger partial charge in [0.2, 0.25) is 0 Å². The standard InChI is InChI=1S/C17H27NO3/c1-4-21-16-9-8-13(10-17(16)20-3)11-18(2)12-14-6-5-7-15(14)19/h8-10,14-15,19H,4-7,11-12H2,1-3H3. The summed E-state index contributed by atoms with van der Waals surface area (Å²) < 4.78 is 10.9. The van der Waals surface area contributed by atoms with E-state index in [2.05, 4.69) is 18.0 Å². The van der Waals surface area contributed by atoms with Crippen LogP contribution in [0.3, 0.4) is 0 Å². The van der Waals surface area contributed by atoms with Crippen molar-refractivity contribution in [3.8, 4) is 11.5 Å². The highest BCUT2D eigenvalue weighted by Crippen LogP contribution is 2.29. The number of methoxy groups -OCH3 is 1. The summed E-state index contributed by atoms with van der Waals surface area (Å²) in [7, 11) is 3.77. The van der Waals surface area contributed by atoms with Crippen molar-refractivity contribution in [3.05, 3.63) is 23.8 Å². The molecule has 1 aliphatic rings. The van der Waals surface area contributed by atoms with Crippen LogP contribution in [0, 0.1) is 5.92 Å². The van der Waals surface area contributed by atoms with Gasteiger partial charge in [0.05, 0.1) is 19.8 Å². The summed E-state index contributed by atoms with van der Waals surface area (Å²) in [5.41, 5.74) is 1.20. The molecule has 0 spiro atoms. The Labute approximate surface area is 127 Å². The van der Waals surface area contributed by atoms with Crippen LogP contribution in [0.1, 0.15) is 31.7 Å². The van der Waals surface area contributed by atoms with Crippen molar-refractivity contribution in [1.29, 1.82) is 0 Å². The summed E-state index contributed by atoms with van der Waals surface area (Å²) in [5, 5.41) is 9.92. The molecule has 1 saturated carbocycles. The van der Waals surface area contributed by atoms with Crippen LogP contribution < -0.4 is 9.47 Å². The summed E-state index contributed by atoms with van der Waals surface area (Å²) >= 11 is 0. The van der Waals surface area contributed by atoms with Crippen LogP contribution in [0.15, 0.2) is 18.2 Å². The molecule has 0 aromatic heterocycles. The maximum absolute atomic E-state index is 9.92. The van der Waals surface area contributed by atoms with Crippen molar-refractivity contribution >= 4 is 0 Å². The smallest absolute Gasteiger partial charge is 0.161 e. The Morgan fingerprint density at radius 1 is 1.29 bits per heavy atom. The van der Waals surface area contributed by atoms with Gasteiger partial charge in [-0.1, -0.05) is 12.5 Å². The second kappa shape index (κ2) is 7.66. The molecule has 0 aliphatic heterocycles. The molecule has 0 radical (unpaired) electrons. The second-order valence-corrected chi connectivity index (χ2v) is 5.87. The van der Waals surface area contributed by atoms with Crippen LogP contribution in [0.25, 0.3) is 0 Å². The lowest BCUT2D eigenvalue weighted by Crippen LogP contribution is -2.29. The minimum Gasteiger partial charge on any atom is -0.493 e. The molecule has 2 rings (SSSR count). The minimum atomic E-state index is -0.123. The van der Waals surface area contributed by atoms with E-state index in [-0.39, 0.29) is 6.10 Å². The van der Waals surface area contributed by atoms with Crippen molar-refractivity contribution in [1.82, 2.24) is 4.90 Å². The molecule has 2 unspecified atom stereocenters. The summed E-state index contributed by atoms with van der Waals surface area (Å²) in [6, 6.07) is 6.08. The van der Waals surface area contributed by atoms with Crippen LogP contribution >= 0.6 is 0 Å². The van der Waals surface area contributed by atoms with Gasteiger partial charge in [0.15, 0.2) is 11.5 Å². The molecule has 21 heavy (non-hydrogen) atoms. The van der Waals surface area contributed by atoms with Crippen LogP contribution in [0.2, 0.25) is 0 Å². The fraction of sp³-hybridized carbons (Fsp3) is 0.647. The van der Waals surface area contributed by atoms with Gasteiger partial charge in [0.1, 0.15) is 0 Å². The van der Waals surface area contributed by atoms with E-state index in [0.29, 0.717) is 12.5 Å². The maximum Gasteiger partial charge on any atom is 0.161 e. The highest BCUT2D eigenvalue weighted by Gasteiger charge is 2.26. The first-order valence-corrected chi connectivity index (χ1v) is 7.80. The summed E-state index contributed by atoms with van der Waals surface area (Å²) in [6.45, 7) is 4.39. The minimum absolute atomic E-state index is 0.123. The monoisotopic (exact) mass is 293 g/mol. The van der Waals surface area contributed by atoms with Crippen molar-refractivity contribution in [2.45, 2.75) is 38.8 Å². The molecule has 118 valence electrons. The van der Waals surface area contributed by atoms with E-state index in [0.717, 1.165) is 43.9 Å². The average Bonchev–Trinajstić information content (AvgIpc) is 2.86. The zero-order valence-electron chi connectivity index (χ0n) is 13.3. The number of hydrogen-bond donors (Lipinski definition) is 1. The van der Waals surface area contributed by atoms with Gasteiger partial charge in [-0.15, -0.1) is 0 Å². The highest BCUT2D eigenvalue weighted by atomic mass is 16.5. The zero-order chi connectivity index (χ0) is 15.2. The van der Waals surface area contributed by atoms with E-state index in [1.54, 1.807) is 7.11 Å². The van der Waals surface area contributed by atoms with Crippen molar-refractivity contribution in [2.24, 2.45) is 5.92 Å². The number of ether oxygens (including phenoxy) is 2. The Morgan fingerprint density at radius 3 is 2.71 bits per heavy atom. The Hall–Kier alpha value is -1.26. The Kier molecular flexibility index (Phi) is 5.88. The van der Waals surface area contributed by atoms with Gasteiger partial charge in [-0.25, -0.2) is 0 Å². The van der Waals surface area contributed by atoms with Crippen LogP contribution in [-0.2, 0) is 6.54 Å². The van der Waals surface area contributed by atoms with Crippen molar-refractivity contribution in [3.63, 3.8) is 0 Å². The van der Waals surface area contributed by atoms with Gasteiger partial charge in [-0.3, -0.25) is 0 Å². The second-order valence-electron chi connectivity index (χ2n) is 5.87. The van der Waals surface area contributed by atoms with Crippen molar-refractivity contribution in [2.75, 3.05) is 27.3 Å². The predicted octanol–water partition coefficient (Wildman–Crippen LogP) is 2.69. The Balaban J connectivity index is 1.95. The third-order valence-corrected chi connectivity index (χ3v) is 4.15. The SMILES string of the molecule is CCOc1ccc(CN(C)CC2CCCC2O)cc1OC. The largest absolute Gasteiger partial charge is 0.493 e. The quantitative estimate of drug-likeness (QED) is 0.839. The summed E-state index contributed by atoms with van der Waals surface area (Å²) in [4.78, 5) is 2.27. The molecular formula is C17H27NO3. The molecular weight excluding hydrogens is 266 g/mol. The van der Waals surface area contributed by atoms with Crippen LogP contribution in [-0.4, -0.2) is 43.4 Å². The van der Waals surface area contributed by atoms with E-state index in [4.69, 9.17) is 9.47 Å². The van der Waals surface area contributed by atoms with E-state index in [9.17, 15) is 5.11 Å². The molecule has 2 atom stereocenters. The first-order valence-electron chi connectivity index (χ1n) is 7.80. The first-order chi connectivity index (χ1) is 10.1. The van der Waals surface area contributed by atoms with Gasteiger partial charge >= 0.3 is 0 Å². The maximum atomic E-state index is 9.92. The normalized spacial score (nSPS) is 21.8. The lowest BCUT2D eigenvalue weighted by molar-refractivity contribution is 0.108. The molecule has 1 aromatic carbocycles. The number of benzene rings is 1. The molecule has 0 heterocycles. The molecule has 1 fully saturated rings. The van der Waals surface area contributed by atoms with E-state index in [1.165, 1.54) is 5.56 Å².